The molecule has 0 aliphatic rings. The molecule has 0 aromatic carbocycles. The Bertz CT molecular complexity index is 573. The minimum atomic E-state index is -0.258. The molecule has 6 nitrogen and oxygen atoms in total. The highest BCUT2D eigenvalue weighted by atomic mass is 32.1. The molecule has 2 rings (SSSR count). The van der Waals surface area contributed by atoms with Crippen LogP contribution in [-0.4, -0.2) is 26.1 Å². The Morgan fingerprint density at radius 1 is 1.65 bits per heavy atom. The summed E-state index contributed by atoms with van der Waals surface area (Å²) in [5, 5.41) is 9.08. The first kappa shape index (κ1) is 11.7. The summed E-state index contributed by atoms with van der Waals surface area (Å²) in [6, 6.07) is 0. The second-order valence-electron chi connectivity index (χ2n) is 3.24. The van der Waals surface area contributed by atoms with E-state index in [1.807, 2.05) is 0 Å². The van der Waals surface area contributed by atoms with Crippen LogP contribution >= 0.6 is 23.6 Å². The van der Waals surface area contributed by atoms with E-state index in [0.29, 0.717) is 22.0 Å². The zero-order valence-corrected chi connectivity index (χ0v) is 10.5. The van der Waals surface area contributed by atoms with Gasteiger partial charge in [-0.05, 0) is 6.92 Å². The maximum absolute atomic E-state index is 11.9. The van der Waals surface area contributed by atoms with Gasteiger partial charge >= 0.3 is 0 Å². The lowest BCUT2D eigenvalue weighted by Gasteiger charge is -2.03. The van der Waals surface area contributed by atoms with Crippen LogP contribution in [0.1, 0.15) is 20.9 Å². The van der Waals surface area contributed by atoms with Crippen LogP contribution in [0.3, 0.4) is 0 Å². The van der Waals surface area contributed by atoms with E-state index in [1.54, 1.807) is 12.4 Å². The number of aromatic nitrogens is 3. The van der Waals surface area contributed by atoms with Gasteiger partial charge in [-0.15, -0.1) is 11.3 Å². The third-order valence-corrected chi connectivity index (χ3v) is 3.24. The number of aryl methyl sites for hydroxylation is 1. The Labute approximate surface area is 106 Å². The minimum Gasteiger partial charge on any atom is -0.389 e. The number of carbonyl (C=O) groups excluding carboxylic acids is 1. The summed E-state index contributed by atoms with van der Waals surface area (Å²) in [4.78, 5) is 16.6. The largest absolute Gasteiger partial charge is 0.389 e. The highest BCUT2D eigenvalue weighted by Gasteiger charge is 2.15. The summed E-state index contributed by atoms with van der Waals surface area (Å²) >= 11 is 6.11. The van der Waals surface area contributed by atoms with Crippen molar-refractivity contribution in [2.24, 2.45) is 5.73 Å². The van der Waals surface area contributed by atoms with Crippen LogP contribution in [0, 0.1) is 6.92 Å². The molecular formula is C9H9N5OS2. The van der Waals surface area contributed by atoms with Gasteiger partial charge in [0.05, 0.1) is 23.0 Å². The van der Waals surface area contributed by atoms with Crippen molar-refractivity contribution in [2.75, 3.05) is 5.32 Å². The topological polar surface area (TPSA) is 96.7 Å². The number of thiazole rings is 1. The monoisotopic (exact) mass is 267 g/mol. The second-order valence-corrected chi connectivity index (χ2v) is 4.54. The number of rotatable bonds is 3. The zero-order chi connectivity index (χ0) is 12.4. The van der Waals surface area contributed by atoms with E-state index < -0.39 is 0 Å². The number of carbonyl (C=O) groups is 1. The van der Waals surface area contributed by atoms with Crippen LogP contribution in [-0.2, 0) is 0 Å². The zero-order valence-electron chi connectivity index (χ0n) is 8.85. The quantitative estimate of drug-likeness (QED) is 0.723. The predicted octanol–water partition coefficient (Wildman–Crippen LogP) is 1.06. The summed E-state index contributed by atoms with van der Waals surface area (Å²) in [5.74, 6) is 0.141. The Hall–Kier alpha value is -1.80. The number of amides is 1. The SMILES string of the molecule is Cc1ncsc1C(=O)Nc1[nH]ncc1C(N)=S. The van der Waals surface area contributed by atoms with Crippen molar-refractivity contribution in [3.8, 4) is 0 Å². The number of nitrogens with two attached hydrogens (primary N) is 1. The molecular weight excluding hydrogens is 258 g/mol. The molecule has 0 saturated carbocycles. The van der Waals surface area contributed by atoms with Crippen LogP contribution in [0.2, 0.25) is 0 Å². The van der Waals surface area contributed by atoms with Crippen LogP contribution in [0.25, 0.3) is 0 Å². The Morgan fingerprint density at radius 3 is 3.00 bits per heavy atom. The molecule has 1 amide bonds. The van der Waals surface area contributed by atoms with Crippen molar-refractivity contribution in [2.45, 2.75) is 6.92 Å². The molecule has 88 valence electrons. The van der Waals surface area contributed by atoms with Gasteiger partial charge in [-0.3, -0.25) is 9.89 Å². The van der Waals surface area contributed by atoms with Gasteiger partial charge in [-0.1, -0.05) is 12.2 Å². The summed E-state index contributed by atoms with van der Waals surface area (Å²) in [5.41, 5.74) is 8.30. The minimum absolute atomic E-state index is 0.176. The van der Waals surface area contributed by atoms with E-state index in [0.717, 1.165) is 0 Å². The van der Waals surface area contributed by atoms with E-state index in [1.165, 1.54) is 17.5 Å². The van der Waals surface area contributed by atoms with Crippen LogP contribution in [0.4, 0.5) is 5.82 Å². The highest BCUT2D eigenvalue weighted by molar-refractivity contribution is 7.80. The molecule has 8 heteroatoms. The number of aromatic amines is 1. The van der Waals surface area contributed by atoms with E-state index in [2.05, 4.69) is 20.5 Å². The first-order valence-corrected chi connectivity index (χ1v) is 5.93. The second kappa shape index (κ2) is 4.60. The number of hydrogen-bond donors (Lipinski definition) is 3. The molecule has 2 aromatic heterocycles. The first-order valence-electron chi connectivity index (χ1n) is 4.64. The van der Waals surface area contributed by atoms with Gasteiger partial charge < -0.3 is 11.1 Å². The van der Waals surface area contributed by atoms with Crippen molar-refractivity contribution < 1.29 is 4.79 Å². The molecule has 0 spiro atoms. The van der Waals surface area contributed by atoms with Gasteiger partial charge in [0.15, 0.2) is 0 Å². The van der Waals surface area contributed by atoms with Crippen LogP contribution in [0.5, 0.6) is 0 Å². The molecule has 17 heavy (non-hydrogen) atoms. The Balaban J connectivity index is 2.22. The number of nitrogens with one attached hydrogen (secondary N) is 2. The molecule has 0 bridgehead atoms. The average molecular weight is 267 g/mol. The Morgan fingerprint density at radius 2 is 2.41 bits per heavy atom. The standard InChI is InChI=1S/C9H9N5OS2/c1-4-6(17-3-11-4)9(15)13-8-5(7(10)16)2-12-14-8/h2-3H,1H3,(H2,10,16)(H2,12,13,14,15). The molecule has 4 N–H and O–H groups in total. The molecule has 0 unspecified atom stereocenters. The van der Waals surface area contributed by atoms with Gasteiger partial charge in [-0.25, -0.2) is 4.98 Å². The number of hydrogen-bond acceptors (Lipinski definition) is 5. The fraction of sp³-hybridized carbons (Fsp3) is 0.111. The fourth-order valence-corrected chi connectivity index (χ4v) is 2.11. The van der Waals surface area contributed by atoms with Gasteiger partial charge in [-0.2, -0.15) is 5.10 Å². The molecule has 0 fully saturated rings. The van der Waals surface area contributed by atoms with Crippen LogP contribution in [0.15, 0.2) is 11.7 Å². The summed E-state index contributed by atoms with van der Waals surface area (Å²) in [6.45, 7) is 1.77. The average Bonchev–Trinajstić information content (AvgIpc) is 2.86. The third kappa shape index (κ3) is 2.32. The van der Waals surface area contributed by atoms with Crippen LogP contribution < -0.4 is 11.1 Å². The van der Waals surface area contributed by atoms with E-state index in [4.69, 9.17) is 18.0 Å². The normalized spacial score (nSPS) is 10.2. The smallest absolute Gasteiger partial charge is 0.268 e. The number of anilines is 1. The van der Waals surface area contributed by atoms with Crippen molar-refractivity contribution in [1.82, 2.24) is 15.2 Å². The molecule has 0 saturated heterocycles. The van der Waals surface area contributed by atoms with Crippen molar-refractivity contribution >= 4 is 40.3 Å². The Kier molecular flexibility index (Phi) is 3.16. The van der Waals surface area contributed by atoms with E-state index in [-0.39, 0.29) is 10.9 Å². The summed E-state index contributed by atoms with van der Waals surface area (Å²) < 4.78 is 0. The highest BCUT2D eigenvalue weighted by Crippen LogP contribution is 2.16. The van der Waals surface area contributed by atoms with E-state index >= 15 is 0 Å². The summed E-state index contributed by atoms with van der Waals surface area (Å²) in [7, 11) is 0. The molecule has 2 aromatic rings. The van der Waals surface area contributed by atoms with E-state index in [9.17, 15) is 4.79 Å². The number of thiocarbonyl (C=S) groups is 1. The van der Waals surface area contributed by atoms with Crippen molar-refractivity contribution in [3.63, 3.8) is 0 Å². The van der Waals surface area contributed by atoms with Gasteiger partial charge in [0.2, 0.25) is 0 Å². The predicted molar refractivity (Wildman–Crippen MR) is 69.3 cm³/mol. The molecule has 0 atom stereocenters. The third-order valence-electron chi connectivity index (χ3n) is 2.10. The summed E-state index contributed by atoms with van der Waals surface area (Å²) in [6.07, 6.45) is 1.47. The lowest BCUT2D eigenvalue weighted by molar-refractivity contribution is 0.102. The molecule has 2 heterocycles. The molecule has 0 radical (unpaired) electrons. The lowest BCUT2D eigenvalue weighted by atomic mass is 10.3. The number of nitrogens with zero attached hydrogens (tertiary/aromatic N) is 2. The van der Waals surface area contributed by atoms with Crippen molar-refractivity contribution in [1.29, 1.82) is 0 Å². The first-order chi connectivity index (χ1) is 8.09. The van der Waals surface area contributed by atoms with Gasteiger partial charge in [0, 0.05) is 0 Å². The van der Waals surface area contributed by atoms with Gasteiger partial charge in [0.25, 0.3) is 5.91 Å². The lowest BCUT2D eigenvalue weighted by Crippen LogP contribution is -2.16. The fourth-order valence-electron chi connectivity index (χ4n) is 1.26. The number of H-pyrrole nitrogens is 1. The maximum atomic E-state index is 11.9. The van der Waals surface area contributed by atoms with Crippen molar-refractivity contribution in [3.05, 3.63) is 27.8 Å². The maximum Gasteiger partial charge on any atom is 0.268 e. The molecule has 0 aliphatic heterocycles. The van der Waals surface area contributed by atoms with Gasteiger partial charge in [0.1, 0.15) is 15.7 Å². The molecule has 0 aliphatic carbocycles.